The maximum atomic E-state index is 9.67. The molecule has 1 aromatic heterocycles. The number of aliphatic hydroxyl groups is 2. The van der Waals surface area contributed by atoms with Gasteiger partial charge in [-0.15, -0.1) is 0 Å². The fourth-order valence-electron chi connectivity index (χ4n) is 1.10. The summed E-state index contributed by atoms with van der Waals surface area (Å²) in [7, 11) is 1.44. The zero-order chi connectivity index (χ0) is 10.6. The van der Waals surface area contributed by atoms with Crippen molar-refractivity contribution in [3.8, 4) is 5.88 Å². The maximum Gasteiger partial charge on any atom is 0.238 e. The van der Waals surface area contributed by atoms with Crippen LogP contribution >= 0.6 is 0 Å². The summed E-state index contributed by atoms with van der Waals surface area (Å²) in [6, 6.07) is 0. The van der Waals surface area contributed by atoms with Gasteiger partial charge >= 0.3 is 0 Å². The Labute approximate surface area is 82.4 Å². The van der Waals surface area contributed by atoms with Crippen LogP contribution < -0.4 is 4.74 Å². The molecule has 0 aliphatic carbocycles. The SMILES string of the molecule is CCC(O)C(O)c1nccnc1OC. The topological polar surface area (TPSA) is 75.5 Å². The molecule has 2 unspecified atom stereocenters. The molecule has 0 saturated heterocycles. The van der Waals surface area contributed by atoms with Gasteiger partial charge in [-0.3, -0.25) is 4.98 Å². The van der Waals surface area contributed by atoms with E-state index in [9.17, 15) is 10.2 Å². The predicted octanol–water partition coefficient (Wildman–Crippen LogP) is 0.289. The molecule has 0 aliphatic heterocycles. The number of methoxy groups -OCH3 is 1. The standard InChI is InChI=1S/C9H14N2O3/c1-3-6(12)8(13)7-9(14-2)11-5-4-10-7/h4-6,8,12-13H,3H2,1-2H3. The van der Waals surface area contributed by atoms with Crippen molar-refractivity contribution >= 4 is 0 Å². The van der Waals surface area contributed by atoms with E-state index in [1.54, 1.807) is 6.92 Å². The number of hydrogen-bond acceptors (Lipinski definition) is 5. The van der Waals surface area contributed by atoms with Crippen molar-refractivity contribution in [1.82, 2.24) is 9.97 Å². The minimum Gasteiger partial charge on any atom is -0.480 e. The minimum atomic E-state index is -1.05. The van der Waals surface area contributed by atoms with Crippen LogP contribution in [-0.4, -0.2) is 33.4 Å². The van der Waals surface area contributed by atoms with Crippen molar-refractivity contribution in [2.24, 2.45) is 0 Å². The summed E-state index contributed by atoms with van der Waals surface area (Å²) in [6.07, 6.45) is 1.46. The summed E-state index contributed by atoms with van der Waals surface area (Å²) in [5.74, 6) is 0.243. The van der Waals surface area contributed by atoms with Crippen molar-refractivity contribution in [2.45, 2.75) is 25.6 Å². The molecule has 0 saturated carbocycles. The highest BCUT2D eigenvalue weighted by molar-refractivity contribution is 5.20. The Morgan fingerprint density at radius 2 is 2.00 bits per heavy atom. The molecule has 78 valence electrons. The molecule has 1 rings (SSSR count). The van der Waals surface area contributed by atoms with Crippen LogP contribution in [0.1, 0.15) is 25.1 Å². The summed E-state index contributed by atoms with van der Waals surface area (Å²) < 4.78 is 4.92. The molecule has 0 radical (unpaired) electrons. The van der Waals surface area contributed by atoms with E-state index in [4.69, 9.17) is 4.74 Å². The molecule has 0 fully saturated rings. The Hall–Kier alpha value is -1.20. The molecule has 0 spiro atoms. The fourth-order valence-corrected chi connectivity index (χ4v) is 1.10. The third kappa shape index (κ3) is 2.18. The molecular formula is C9H14N2O3. The Morgan fingerprint density at radius 3 is 2.57 bits per heavy atom. The number of aromatic nitrogens is 2. The Bertz CT molecular complexity index is 293. The fraction of sp³-hybridized carbons (Fsp3) is 0.556. The van der Waals surface area contributed by atoms with Crippen molar-refractivity contribution in [3.63, 3.8) is 0 Å². The average Bonchev–Trinajstić information content (AvgIpc) is 2.26. The molecular weight excluding hydrogens is 184 g/mol. The third-order valence-electron chi connectivity index (χ3n) is 1.95. The van der Waals surface area contributed by atoms with E-state index in [0.717, 1.165) is 0 Å². The van der Waals surface area contributed by atoms with Gasteiger partial charge in [0.25, 0.3) is 0 Å². The molecule has 0 aliphatic rings. The Balaban J connectivity index is 2.93. The first-order valence-corrected chi connectivity index (χ1v) is 4.41. The quantitative estimate of drug-likeness (QED) is 0.727. The number of ether oxygens (including phenoxy) is 1. The van der Waals surface area contributed by atoms with Gasteiger partial charge in [-0.2, -0.15) is 0 Å². The molecule has 1 heterocycles. The lowest BCUT2D eigenvalue weighted by Crippen LogP contribution is -2.19. The molecule has 0 bridgehead atoms. The predicted molar refractivity (Wildman–Crippen MR) is 49.8 cm³/mol. The second-order valence-corrected chi connectivity index (χ2v) is 2.87. The molecule has 0 aromatic carbocycles. The first-order chi connectivity index (χ1) is 6.70. The van der Waals surface area contributed by atoms with Gasteiger partial charge in [-0.1, -0.05) is 6.92 Å². The number of hydrogen-bond donors (Lipinski definition) is 2. The lowest BCUT2D eigenvalue weighted by atomic mass is 10.1. The summed E-state index contributed by atoms with van der Waals surface area (Å²) >= 11 is 0. The second-order valence-electron chi connectivity index (χ2n) is 2.87. The largest absolute Gasteiger partial charge is 0.480 e. The second kappa shape index (κ2) is 4.88. The smallest absolute Gasteiger partial charge is 0.238 e. The van der Waals surface area contributed by atoms with Gasteiger partial charge in [-0.25, -0.2) is 4.98 Å². The molecule has 5 heteroatoms. The summed E-state index contributed by atoms with van der Waals surface area (Å²) in [5, 5.41) is 19.1. The average molecular weight is 198 g/mol. The number of rotatable bonds is 4. The minimum absolute atomic E-state index is 0.243. The molecule has 1 aromatic rings. The van der Waals surface area contributed by atoms with Crippen LogP contribution in [0.5, 0.6) is 5.88 Å². The van der Waals surface area contributed by atoms with Crippen LogP contribution in [0.4, 0.5) is 0 Å². The van der Waals surface area contributed by atoms with Gasteiger partial charge in [0, 0.05) is 12.4 Å². The molecule has 0 amide bonds. The zero-order valence-electron chi connectivity index (χ0n) is 8.21. The van der Waals surface area contributed by atoms with Crippen LogP contribution in [0.2, 0.25) is 0 Å². The monoisotopic (exact) mass is 198 g/mol. The highest BCUT2D eigenvalue weighted by Gasteiger charge is 2.22. The van der Waals surface area contributed by atoms with Gasteiger partial charge in [0.15, 0.2) is 0 Å². The summed E-state index contributed by atoms with van der Waals surface area (Å²) in [5.41, 5.74) is 0.268. The van der Waals surface area contributed by atoms with E-state index in [0.29, 0.717) is 6.42 Å². The zero-order valence-corrected chi connectivity index (χ0v) is 8.21. The normalized spacial score (nSPS) is 14.9. The van der Waals surface area contributed by atoms with E-state index >= 15 is 0 Å². The van der Waals surface area contributed by atoms with Crippen LogP contribution in [0.3, 0.4) is 0 Å². The van der Waals surface area contributed by atoms with Crippen LogP contribution in [0.15, 0.2) is 12.4 Å². The van der Waals surface area contributed by atoms with E-state index in [1.165, 1.54) is 19.5 Å². The first kappa shape index (κ1) is 10.9. The number of aliphatic hydroxyl groups excluding tert-OH is 2. The van der Waals surface area contributed by atoms with E-state index < -0.39 is 12.2 Å². The molecule has 2 N–H and O–H groups in total. The molecule has 14 heavy (non-hydrogen) atoms. The first-order valence-electron chi connectivity index (χ1n) is 4.41. The van der Waals surface area contributed by atoms with Crippen molar-refractivity contribution < 1.29 is 14.9 Å². The van der Waals surface area contributed by atoms with Crippen LogP contribution in [0, 0.1) is 0 Å². The van der Waals surface area contributed by atoms with Crippen molar-refractivity contribution in [1.29, 1.82) is 0 Å². The van der Waals surface area contributed by atoms with Crippen LogP contribution in [0.25, 0.3) is 0 Å². The van der Waals surface area contributed by atoms with Crippen LogP contribution in [-0.2, 0) is 0 Å². The Kier molecular flexibility index (Phi) is 3.79. The van der Waals surface area contributed by atoms with Crippen molar-refractivity contribution in [2.75, 3.05) is 7.11 Å². The van der Waals surface area contributed by atoms with E-state index in [1.807, 2.05) is 0 Å². The Morgan fingerprint density at radius 1 is 1.36 bits per heavy atom. The molecule has 2 atom stereocenters. The summed E-state index contributed by atoms with van der Waals surface area (Å²) in [4.78, 5) is 7.80. The molecule has 5 nitrogen and oxygen atoms in total. The van der Waals surface area contributed by atoms with Gasteiger partial charge in [0.05, 0.1) is 13.2 Å². The highest BCUT2D eigenvalue weighted by Crippen LogP contribution is 2.23. The number of nitrogens with zero attached hydrogens (tertiary/aromatic N) is 2. The van der Waals surface area contributed by atoms with Gasteiger partial charge in [-0.05, 0) is 6.42 Å². The lowest BCUT2D eigenvalue weighted by molar-refractivity contribution is 0.0121. The van der Waals surface area contributed by atoms with E-state index in [2.05, 4.69) is 9.97 Å². The van der Waals surface area contributed by atoms with Gasteiger partial charge in [0.1, 0.15) is 11.8 Å². The van der Waals surface area contributed by atoms with E-state index in [-0.39, 0.29) is 11.6 Å². The highest BCUT2D eigenvalue weighted by atomic mass is 16.5. The summed E-state index contributed by atoms with van der Waals surface area (Å²) in [6.45, 7) is 1.77. The van der Waals surface area contributed by atoms with Gasteiger partial charge < -0.3 is 14.9 Å². The van der Waals surface area contributed by atoms with Crippen molar-refractivity contribution in [3.05, 3.63) is 18.1 Å². The lowest BCUT2D eigenvalue weighted by Gasteiger charge is -2.16. The maximum absolute atomic E-state index is 9.67. The third-order valence-corrected chi connectivity index (χ3v) is 1.95. The van der Waals surface area contributed by atoms with Gasteiger partial charge in [0.2, 0.25) is 5.88 Å².